The molecule has 1 aromatic heterocycles. The molecule has 0 saturated carbocycles. The fraction of sp³-hybridized carbons (Fsp3) is 0.250. The van der Waals surface area contributed by atoms with E-state index < -0.39 is 0 Å². The average molecular weight is 153 g/mol. The van der Waals surface area contributed by atoms with Gasteiger partial charge in [0.2, 0.25) is 0 Å². The lowest BCUT2D eigenvalue weighted by Crippen LogP contribution is -1.67. The van der Waals surface area contributed by atoms with Gasteiger partial charge in [-0.2, -0.15) is 0 Å². The molecule has 0 aliphatic rings. The lowest BCUT2D eigenvalue weighted by molar-refractivity contribution is 1.30. The first kappa shape index (κ1) is 9.62. The molecule has 0 bridgehead atoms. The van der Waals surface area contributed by atoms with E-state index in [1.54, 1.807) is 12.4 Å². The summed E-state index contributed by atoms with van der Waals surface area (Å²) in [6.07, 6.45) is 3.21. The molecule has 1 aromatic rings. The molecule has 11 heavy (non-hydrogen) atoms. The van der Waals surface area contributed by atoms with Gasteiger partial charge in [-0.3, -0.25) is 0 Å². The number of rotatable bonds is 2. The van der Waals surface area contributed by atoms with E-state index in [1.165, 1.54) is 0 Å². The monoisotopic (exact) mass is 153 g/mol. The molecular weight excluding hydrogens is 138 g/mol. The predicted octanol–water partition coefficient (Wildman–Crippen LogP) is 2.66. The maximum absolute atomic E-state index is 3.85. The van der Waals surface area contributed by atoms with Crippen LogP contribution in [-0.2, 0) is 0 Å². The van der Waals surface area contributed by atoms with Gasteiger partial charge in [0.05, 0.1) is 12.0 Å². The highest BCUT2D eigenvalue weighted by atomic mass is 15.0. The van der Waals surface area contributed by atoms with Gasteiger partial charge in [0.25, 0.3) is 0 Å². The molecule has 0 aromatic carbocycles. The van der Waals surface area contributed by atoms with Gasteiger partial charge in [0.1, 0.15) is 0 Å². The number of nitrogens with zero attached hydrogens (tertiary/aromatic N) is 2. The van der Waals surface area contributed by atoms with Crippen molar-refractivity contribution in [3.63, 3.8) is 0 Å². The highest BCUT2D eigenvalue weighted by molar-refractivity contribution is 5.57. The minimum absolute atomic E-state index is 0. The van der Waals surface area contributed by atoms with Crippen molar-refractivity contribution in [1.29, 1.82) is 0 Å². The molecule has 0 fully saturated rings. The summed E-state index contributed by atoms with van der Waals surface area (Å²) in [6.45, 7) is 10.9. The zero-order chi connectivity index (χ0) is 8.69. The quantitative estimate of drug-likeness (QED) is 0.652. The Kier molecular flexibility index (Phi) is 4.73. The molecule has 0 radical (unpaired) electrons. The standard InChI is InChI=1S/C6H7N3.C2H6.H2/c1-3-5-6(7-2)9-4-8-5;1-2;/h3-4H,1-2H2,(H,8,9);1-2H3;1H. The first-order chi connectivity index (χ1) is 5.38. The van der Waals surface area contributed by atoms with Gasteiger partial charge >= 0.3 is 0 Å². The Balaban J connectivity index is 0. The lowest BCUT2D eigenvalue weighted by atomic mass is 10.4. The number of aliphatic imine (C=N–C) groups is 1. The third kappa shape index (κ3) is 2.37. The number of aromatic nitrogens is 2. The van der Waals surface area contributed by atoms with E-state index in [0.29, 0.717) is 5.82 Å². The average Bonchev–Trinajstić information content (AvgIpc) is 2.54. The van der Waals surface area contributed by atoms with E-state index in [4.69, 9.17) is 0 Å². The molecule has 0 atom stereocenters. The van der Waals surface area contributed by atoms with Crippen molar-refractivity contribution in [2.75, 3.05) is 0 Å². The van der Waals surface area contributed by atoms with Gasteiger partial charge in [-0.25, -0.2) is 9.98 Å². The molecule has 1 rings (SSSR count). The predicted molar refractivity (Wildman–Crippen MR) is 51.3 cm³/mol. The first-order valence-corrected chi connectivity index (χ1v) is 3.51. The van der Waals surface area contributed by atoms with Crippen molar-refractivity contribution >= 4 is 18.6 Å². The summed E-state index contributed by atoms with van der Waals surface area (Å²) < 4.78 is 0. The lowest BCUT2D eigenvalue weighted by Gasteiger charge is -1.83. The van der Waals surface area contributed by atoms with Gasteiger partial charge in [-0.05, 0) is 12.8 Å². The van der Waals surface area contributed by atoms with Crippen LogP contribution in [0.3, 0.4) is 0 Å². The summed E-state index contributed by atoms with van der Waals surface area (Å²) in [5.74, 6) is 0.602. The third-order valence-corrected chi connectivity index (χ3v) is 1.00. The zero-order valence-electron chi connectivity index (χ0n) is 6.96. The summed E-state index contributed by atoms with van der Waals surface area (Å²) in [4.78, 5) is 10.3. The van der Waals surface area contributed by atoms with E-state index in [-0.39, 0.29) is 1.43 Å². The van der Waals surface area contributed by atoms with Crippen molar-refractivity contribution in [1.82, 2.24) is 9.97 Å². The summed E-state index contributed by atoms with van der Waals surface area (Å²) in [5, 5.41) is 0. The molecule has 3 nitrogen and oxygen atoms in total. The maximum Gasteiger partial charge on any atom is 0.176 e. The van der Waals surface area contributed by atoms with E-state index in [9.17, 15) is 0 Å². The number of imidazole rings is 1. The van der Waals surface area contributed by atoms with Crippen LogP contribution in [0, 0.1) is 0 Å². The zero-order valence-corrected chi connectivity index (χ0v) is 6.96. The fourth-order valence-corrected chi connectivity index (χ4v) is 0.573. The van der Waals surface area contributed by atoms with E-state index in [0.717, 1.165) is 5.69 Å². The van der Waals surface area contributed by atoms with Gasteiger partial charge in [0, 0.05) is 1.43 Å². The number of aromatic amines is 1. The Morgan fingerprint density at radius 3 is 2.73 bits per heavy atom. The second-order valence-electron chi connectivity index (χ2n) is 1.50. The topological polar surface area (TPSA) is 41.0 Å². The molecule has 0 unspecified atom stereocenters. The van der Waals surface area contributed by atoms with Crippen LogP contribution in [0.4, 0.5) is 5.82 Å². The molecule has 0 spiro atoms. The van der Waals surface area contributed by atoms with Crippen LogP contribution in [0.5, 0.6) is 0 Å². The number of nitrogens with one attached hydrogen (secondary N) is 1. The molecule has 0 aliphatic carbocycles. The molecule has 1 N–H and O–H groups in total. The van der Waals surface area contributed by atoms with Crippen molar-refractivity contribution in [3.05, 3.63) is 18.6 Å². The number of hydrogen-bond donors (Lipinski definition) is 1. The largest absolute Gasteiger partial charge is 0.343 e. The Labute approximate surface area is 68.4 Å². The fourth-order valence-electron chi connectivity index (χ4n) is 0.573. The Bertz CT molecular complexity index is 207. The van der Waals surface area contributed by atoms with Crippen LogP contribution in [0.25, 0.3) is 6.08 Å². The molecule has 0 saturated heterocycles. The molecule has 1 heterocycles. The van der Waals surface area contributed by atoms with Crippen LogP contribution < -0.4 is 0 Å². The van der Waals surface area contributed by atoms with Gasteiger partial charge < -0.3 is 4.98 Å². The summed E-state index contributed by atoms with van der Waals surface area (Å²) >= 11 is 0. The SMILES string of the molecule is C=Cc1[nH]cnc1N=C.CC.[HH]. The summed E-state index contributed by atoms with van der Waals surface area (Å²) in [5.41, 5.74) is 0.810. The third-order valence-electron chi connectivity index (χ3n) is 1.00. The highest BCUT2D eigenvalue weighted by Gasteiger charge is 1.94. The minimum atomic E-state index is 0. The van der Waals surface area contributed by atoms with Crippen LogP contribution in [-0.4, -0.2) is 16.7 Å². The molecule has 3 heteroatoms. The Morgan fingerprint density at radius 1 is 1.73 bits per heavy atom. The normalized spacial score (nSPS) is 7.82. The van der Waals surface area contributed by atoms with Crippen LogP contribution in [0.1, 0.15) is 21.0 Å². The smallest absolute Gasteiger partial charge is 0.176 e. The van der Waals surface area contributed by atoms with Crippen LogP contribution in [0.2, 0.25) is 0 Å². The molecular formula is C8H15N3. The summed E-state index contributed by atoms with van der Waals surface area (Å²) in [7, 11) is 0. The Morgan fingerprint density at radius 2 is 2.36 bits per heavy atom. The van der Waals surface area contributed by atoms with Gasteiger partial charge in [0.15, 0.2) is 5.82 Å². The maximum atomic E-state index is 3.85. The van der Waals surface area contributed by atoms with Crippen molar-refractivity contribution in [3.8, 4) is 0 Å². The number of hydrogen-bond acceptors (Lipinski definition) is 2. The van der Waals surface area contributed by atoms with Crippen molar-refractivity contribution < 1.29 is 1.43 Å². The van der Waals surface area contributed by atoms with E-state index in [1.807, 2.05) is 13.8 Å². The van der Waals surface area contributed by atoms with Crippen LogP contribution >= 0.6 is 0 Å². The summed E-state index contributed by atoms with van der Waals surface area (Å²) in [6, 6.07) is 0. The molecule has 62 valence electrons. The number of H-pyrrole nitrogens is 1. The van der Waals surface area contributed by atoms with Crippen LogP contribution in [0.15, 0.2) is 17.9 Å². The second kappa shape index (κ2) is 5.41. The van der Waals surface area contributed by atoms with Gasteiger partial charge in [-0.1, -0.05) is 20.4 Å². The highest BCUT2D eigenvalue weighted by Crippen LogP contribution is 2.12. The minimum Gasteiger partial charge on any atom is -0.343 e. The molecule has 0 aliphatic heterocycles. The first-order valence-electron chi connectivity index (χ1n) is 3.51. The molecule has 0 amide bonds. The van der Waals surface area contributed by atoms with Gasteiger partial charge in [-0.15, -0.1) is 0 Å². The van der Waals surface area contributed by atoms with Crippen molar-refractivity contribution in [2.45, 2.75) is 13.8 Å². The van der Waals surface area contributed by atoms with E-state index in [2.05, 4.69) is 28.3 Å². The second-order valence-corrected chi connectivity index (χ2v) is 1.50. The Hall–Kier alpha value is -1.38. The van der Waals surface area contributed by atoms with Crippen molar-refractivity contribution in [2.24, 2.45) is 4.99 Å². The van der Waals surface area contributed by atoms with E-state index >= 15 is 0 Å².